The first-order valence-electron chi connectivity index (χ1n) is 35.3. The van der Waals surface area contributed by atoms with Gasteiger partial charge in [0.2, 0.25) is 0 Å². The summed E-state index contributed by atoms with van der Waals surface area (Å²) in [5, 5.41) is 0. The molecule has 1 unspecified atom stereocenters. The predicted octanol–water partition coefficient (Wildman–Crippen LogP) is 24.2. The molecular formula is C72H136O6. The smallest absolute Gasteiger partial charge is 0.306 e. The quantitative estimate of drug-likeness (QED) is 0.0261. The van der Waals surface area contributed by atoms with Crippen LogP contribution in [0.5, 0.6) is 0 Å². The van der Waals surface area contributed by atoms with E-state index in [2.05, 4.69) is 45.1 Å². The lowest BCUT2D eigenvalue weighted by Gasteiger charge is -2.18. The van der Waals surface area contributed by atoms with Gasteiger partial charge in [0, 0.05) is 19.3 Å². The molecule has 1 atom stereocenters. The van der Waals surface area contributed by atoms with E-state index in [-0.39, 0.29) is 31.1 Å². The molecule has 0 aromatic carbocycles. The zero-order valence-electron chi connectivity index (χ0n) is 53.0. The average molecular weight is 1100 g/mol. The highest BCUT2D eigenvalue weighted by atomic mass is 16.6. The Kier molecular flexibility index (Phi) is 65.6. The highest BCUT2D eigenvalue weighted by Gasteiger charge is 2.19. The molecule has 0 N–H and O–H groups in total. The van der Waals surface area contributed by atoms with Crippen molar-refractivity contribution in [2.75, 3.05) is 13.2 Å². The largest absolute Gasteiger partial charge is 0.462 e. The Morgan fingerprint density at radius 2 is 0.423 bits per heavy atom. The number of carbonyl (C=O) groups excluding carboxylic acids is 3. The van der Waals surface area contributed by atoms with Crippen molar-refractivity contribution in [1.29, 1.82) is 0 Å². The lowest BCUT2D eigenvalue weighted by atomic mass is 10.0. The number of esters is 3. The first kappa shape index (κ1) is 75.9. The van der Waals surface area contributed by atoms with Crippen LogP contribution < -0.4 is 0 Å². The highest BCUT2D eigenvalue weighted by Crippen LogP contribution is 2.18. The number of allylic oxidation sites excluding steroid dienone is 4. The Bertz CT molecular complexity index is 1260. The number of hydrogen-bond donors (Lipinski definition) is 0. The van der Waals surface area contributed by atoms with Gasteiger partial charge in [-0.2, -0.15) is 0 Å². The Morgan fingerprint density at radius 3 is 0.641 bits per heavy atom. The molecule has 78 heavy (non-hydrogen) atoms. The zero-order chi connectivity index (χ0) is 56.4. The summed E-state index contributed by atoms with van der Waals surface area (Å²) in [6, 6.07) is 0. The van der Waals surface area contributed by atoms with E-state index >= 15 is 0 Å². The van der Waals surface area contributed by atoms with E-state index in [1.54, 1.807) is 0 Å². The second-order valence-corrected chi connectivity index (χ2v) is 24.1. The molecule has 0 aromatic rings. The van der Waals surface area contributed by atoms with Gasteiger partial charge in [-0.3, -0.25) is 14.4 Å². The van der Waals surface area contributed by atoms with Crippen LogP contribution in [0.4, 0.5) is 0 Å². The van der Waals surface area contributed by atoms with Gasteiger partial charge in [-0.25, -0.2) is 0 Å². The minimum absolute atomic E-state index is 0.0674. The predicted molar refractivity (Wildman–Crippen MR) is 340 cm³/mol. The molecule has 460 valence electrons. The summed E-state index contributed by atoms with van der Waals surface area (Å²) in [5.41, 5.74) is 0. The Morgan fingerprint density at radius 1 is 0.244 bits per heavy atom. The average Bonchev–Trinajstić information content (AvgIpc) is 3.44. The maximum absolute atomic E-state index is 13.0. The number of unbranched alkanes of at least 4 members (excludes halogenated alkanes) is 51. The molecule has 0 saturated carbocycles. The van der Waals surface area contributed by atoms with E-state index in [1.807, 2.05) is 0 Å². The van der Waals surface area contributed by atoms with Crippen molar-refractivity contribution in [3.8, 4) is 0 Å². The number of carbonyl (C=O) groups is 3. The first-order valence-corrected chi connectivity index (χ1v) is 35.3. The van der Waals surface area contributed by atoms with Gasteiger partial charge in [0.25, 0.3) is 0 Å². The van der Waals surface area contributed by atoms with E-state index in [0.29, 0.717) is 19.3 Å². The second-order valence-electron chi connectivity index (χ2n) is 24.1. The third-order valence-electron chi connectivity index (χ3n) is 16.2. The van der Waals surface area contributed by atoms with Crippen molar-refractivity contribution in [2.45, 2.75) is 406 Å². The lowest BCUT2D eigenvalue weighted by molar-refractivity contribution is -0.167. The Balaban J connectivity index is 4.29. The lowest BCUT2D eigenvalue weighted by Crippen LogP contribution is -2.30. The van der Waals surface area contributed by atoms with Gasteiger partial charge < -0.3 is 14.2 Å². The van der Waals surface area contributed by atoms with Gasteiger partial charge in [0.05, 0.1) is 0 Å². The van der Waals surface area contributed by atoms with Crippen molar-refractivity contribution >= 4 is 17.9 Å². The normalized spacial score (nSPS) is 12.1. The number of hydrogen-bond acceptors (Lipinski definition) is 6. The minimum atomic E-state index is -0.771. The molecule has 0 aliphatic rings. The molecule has 0 aliphatic carbocycles. The molecule has 0 spiro atoms. The highest BCUT2D eigenvalue weighted by molar-refractivity contribution is 5.71. The second kappa shape index (κ2) is 67.4. The monoisotopic (exact) mass is 1100 g/mol. The molecule has 6 nitrogen and oxygen atoms in total. The summed E-state index contributed by atoms with van der Waals surface area (Å²) < 4.78 is 17.0. The van der Waals surface area contributed by atoms with Crippen LogP contribution in [0.1, 0.15) is 400 Å². The first-order chi connectivity index (χ1) is 38.5. The summed E-state index contributed by atoms with van der Waals surface area (Å²) in [6.07, 6.45) is 82.0. The maximum atomic E-state index is 13.0. The van der Waals surface area contributed by atoms with Crippen LogP contribution in [0, 0.1) is 0 Å². The van der Waals surface area contributed by atoms with Gasteiger partial charge in [-0.1, -0.05) is 334 Å². The molecule has 6 heteroatoms. The van der Waals surface area contributed by atoms with Crippen LogP contribution in [0.3, 0.4) is 0 Å². The van der Waals surface area contributed by atoms with Crippen molar-refractivity contribution in [3.63, 3.8) is 0 Å². The molecule has 0 radical (unpaired) electrons. The van der Waals surface area contributed by atoms with Crippen molar-refractivity contribution in [3.05, 3.63) is 24.3 Å². The van der Waals surface area contributed by atoms with Crippen molar-refractivity contribution < 1.29 is 28.6 Å². The van der Waals surface area contributed by atoms with E-state index in [9.17, 15) is 14.4 Å². The van der Waals surface area contributed by atoms with Crippen LogP contribution in [0.15, 0.2) is 24.3 Å². The molecule has 0 amide bonds. The third kappa shape index (κ3) is 64.7. The van der Waals surface area contributed by atoms with Crippen LogP contribution in [0.25, 0.3) is 0 Å². The fourth-order valence-electron chi connectivity index (χ4n) is 10.8. The van der Waals surface area contributed by atoms with E-state index in [0.717, 1.165) is 57.8 Å². The summed E-state index contributed by atoms with van der Waals surface area (Å²) in [5.74, 6) is -0.840. The van der Waals surface area contributed by atoms with Gasteiger partial charge in [-0.05, 0) is 70.6 Å². The summed E-state index contributed by atoms with van der Waals surface area (Å²) in [4.78, 5) is 38.5. The van der Waals surface area contributed by atoms with Gasteiger partial charge in [-0.15, -0.1) is 0 Å². The van der Waals surface area contributed by atoms with Crippen LogP contribution >= 0.6 is 0 Å². The summed E-state index contributed by atoms with van der Waals surface area (Å²) in [6.45, 7) is 6.72. The third-order valence-corrected chi connectivity index (χ3v) is 16.2. The Labute approximate surface area is 487 Å². The summed E-state index contributed by atoms with van der Waals surface area (Å²) >= 11 is 0. The number of ether oxygens (including phenoxy) is 3. The number of rotatable bonds is 66. The van der Waals surface area contributed by atoms with Gasteiger partial charge >= 0.3 is 17.9 Å². The Hall–Kier alpha value is -2.11. The fourth-order valence-corrected chi connectivity index (χ4v) is 10.8. The van der Waals surface area contributed by atoms with Crippen LogP contribution in [0.2, 0.25) is 0 Å². The van der Waals surface area contributed by atoms with Crippen molar-refractivity contribution in [1.82, 2.24) is 0 Å². The standard InChI is InChI=1S/C72H136O6/c1-4-7-10-13-16-19-22-25-28-31-33-35-36-37-39-41-44-47-50-53-56-59-62-65-71(74)77-68-69(67-76-70(73)64-61-58-55-52-49-46-43-40-30-27-24-21-18-15-12-9-6-3)78-72(75)66-63-60-57-54-51-48-45-42-38-34-32-29-26-23-20-17-14-11-8-5-2/h27,30-31,33,69H,4-26,28-29,32,34-68H2,1-3H3/b30-27-,33-31-. The van der Waals surface area contributed by atoms with Crippen LogP contribution in [-0.4, -0.2) is 37.2 Å². The van der Waals surface area contributed by atoms with E-state index < -0.39 is 6.10 Å². The molecule has 0 fully saturated rings. The molecule has 0 aromatic heterocycles. The molecule has 0 heterocycles. The molecule has 0 saturated heterocycles. The SMILES string of the molecule is CCCCCCCC/C=C\CCCCCCCCCC(=O)OCC(COC(=O)CCCCCCCCCCCCC/C=C\CCCCCCCCCC)OC(=O)CCCCCCCCCCCCCCCCCCCCCC. The minimum Gasteiger partial charge on any atom is -0.462 e. The van der Waals surface area contributed by atoms with Gasteiger partial charge in [0.1, 0.15) is 13.2 Å². The van der Waals surface area contributed by atoms with Crippen LogP contribution in [-0.2, 0) is 28.6 Å². The van der Waals surface area contributed by atoms with Crippen molar-refractivity contribution in [2.24, 2.45) is 0 Å². The molecule has 0 aliphatic heterocycles. The zero-order valence-corrected chi connectivity index (χ0v) is 53.0. The molecule has 0 bridgehead atoms. The van der Waals surface area contributed by atoms with E-state index in [1.165, 1.54) is 302 Å². The maximum Gasteiger partial charge on any atom is 0.306 e. The topological polar surface area (TPSA) is 78.9 Å². The fraction of sp³-hybridized carbons (Fsp3) is 0.903. The van der Waals surface area contributed by atoms with Gasteiger partial charge in [0.15, 0.2) is 6.10 Å². The summed E-state index contributed by atoms with van der Waals surface area (Å²) in [7, 11) is 0. The molecular weight excluding hydrogens is 961 g/mol. The van der Waals surface area contributed by atoms with E-state index in [4.69, 9.17) is 14.2 Å². The molecule has 0 rings (SSSR count).